The maximum atomic E-state index is 11.7. The summed E-state index contributed by atoms with van der Waals surface area (Å²) in [6, 6.07) is 0. The summed E-state index contributed by atoms with van der Waals surface area (Å²) in [5, 5.41) is 7.84. The van der Waals surface area contributed by atoms with Crippen LogP contribution in [0, 0.1) is 5.92 Å². The maximum absolute atomic E-state index is 11.7. The molecule has 0 bridgehead atoms. The third kappa shape index (κ3) is 3.52. The lowest BCUT2D eigenvalue weighted by atomic mass is 10.1. The van der Waals surface area contributed by atoms with Gasteiger partial charge in [0.2, 0.25) is 0 Å². The number of hydrogen-bond donors (Lipinski definition) is 1. The van der Waals surface area contributed by atoms with E-state index >= 15 is 0 Å². The van der Waals surface area contributed by atoms with Gasteiger partial charge in [-0.2, -0.15) is 0 Å². The number of ether oxygens (including phenoxy) is 1. The summed E-state index contributed by atoms with van der Waals surface area (Å²) in [6.07, 6.45) is 0.737. The molecule has 0 aliphatic rings. The van der Waals surface area contributed by atoms with Gasteiger partial charge in [-0.1, -0.05) is 19.1 Å². The lowest BCUT2D eigenvalue weighted by molar-refractivity contribution is 0.0517. The van der Waals surface area contributed by atoms with E-state index in [-0.39, 0.29) is 0 Å². The topological polar surface area (TPSA) is 83.0 Å². The van der Waals surface area contributed by atoms with Crippen molar-refractivity contribution in [2.24, 2.45) is 11.7 Å². The van der Waals surface area contributed by atoms with Gasteiger partial charge in [0.05, 0.1) is 18.8 Å². The van der Waals surface area contributed by atoms with Gasteiger partial charge in [-0.3, -0.25) is 0 Å². The Hall–Kier alpha value is -1.43. The monoisotopic (exact) mass is 240 g/mol. The highest BCUT2D eigenvalue weighted by Crippen LogP contribution is 2.12. The summed E-state index contributed by atoms with van der Waals surface area (Å²) in [6.45, 7) is 7.29. The van der Waals surface area contributed by atoms with Crippen LogP contribution in [0.1, 0.15) is 37.0 Å². The molecule has 0 radical (unpaired) electrons. The number of nitrogens with two attached hydrogens (primary N) is 1. The molecular formula is C11H20N4O2. The van der Waals surface area contributed by atoms with Crippen LogP contribution in [0.15, 0.2) is 0 Å². The second kappa shape index (κ2) is 6.34. The van der Waals surface area contributed by atoms with Crippen molar-refractivity contribution in [2.45, 2.75) is 33.7 Å². The molecule has 1 aromatic heterocycles. The molecule has 0 atom stereocenters. The second-order valence-electron chi connectivity index (χ2n) is 4.22. The molecule has 0 spiro atoms. The van der Waals surface area contributed by atoms with Gasteiger partial charge in [-0.25, -0.2) is 9.48 Å². The zero-order valence-corrected chi connectivity index (χ0v) is 10.6. The van der Waals surface area contributed by atoms with Crippen molar-refractivity contribution >= 4 is 5.97 Å². The molecule has 2 N–H and O–H groups in total. The molecule has 0 unspecified atom stereocenters. The molecule has 0 amide bonds. The highest BCUT2D eigenvalue weighted by molar-refractivity contribution is 5.88. The lowest BCUT2D eigenvalue weighted by Gasteiger charge is -2.08. The number of aromatic nitrogens is 3. The van der Waals surface area contributed by atoms with Crippen molar-refractivity contribution in [3.8, 4) is 0 Å². The van der Waals surface area contributed by atoms with Crippen LogP contribution in [-0.2, 0) is 17.7 Å². The fourth-order valence-electron chi connectivity index (χ4n) is 1.58. The minimum absolute atomic E-state index is 0.314. The Kier molecular flexibility index (Phi) is 5.09. The van der Waals surface area contributed by atoms with E-state index in [0.29, 0.717) is 31.3 Å². The van der Waals surface area contributed by atoms with Crippen LogP contribution in [0.25, 0.3) is 0 Å². The summed E-state index contributed by atoms with van der Waals surface area (Å²) in [5.74, 6) is 0.00428. The highest BCUT2D eigenvalue weighted by atomic mass is 16.5. The van der Waals surface area contributed by atoms with E-state index in [0.717, 1.165) is 12.1 Å². The third-order valence-electron chi connectivity index (χ3n) is 2.25. The molecule has 6 heteroatoms. The predicted octanol–water partition coefficient (Wildman–Crippen LogP) is 0.612. The van der Waals surface area contributed by atoms with Crippen molar-refractivity contribution in [1.82, 2.24) is 15.0 Å². The smallest absolute Gasteiger partial charge is 0.360 e. The van der Waals surface area contributed by atoms with Crippen molar-refractivity contribution in [1.29, 1.82) is 0 Å². The van der Waals surface area contributed by atoms with Gasteiger partial charge >= 0.3 is 5.97 Å². The molecule has 0 aliphatic heterocycles. The van der Waals surface area contributed by atoms with E-state index in [4.69, 9.17) is 10.5 Å². The zero-order valence-electron chi connectivity index (χ0n) is 10.6. The van der Waals surface area contributed by atoms with Crippen LogP contribution in [0.5, 0.6) is 0 Å². The molecule has 1 rings (SSSR count). The lowest BCUT2D eigenvalue weighted by Crippen LogP contribution is -2.17. The van der Waals surface area contributed by atoms with Crippen LogP contribution in [0.3, 0.4) is 0 Å². The first-order valence-corrected chi connectivity index (χ1v) is 5.89. The van der Waals surface area contributed by atoms with E-state index < -0.39 is 5.97 Å². The number of carbonyl (C=O) groups excluding carboxylic acids is 1. The van der Waals surface area contributed by atoms with E-state index in [1.807, 2.05) is 0 Å². The second-order valence-corrected chi connectivity index (χ2v) is 4.22. The predicted molar refractivity (Wildman–Crippen MR) is 63.6 cm³/mol. The minimum atomic E-state index is -0.411. The van der Waals surface area contributed by atoms with Crippen LogP contribution in [0.4, 0.5) is 0 Å². The molecule has 1 heterocycles. The molecule has 6 nitrogen and oxygen atoms in total. The standard InChI is InChI=1S/C11H20N4O2/c1-4-17-11(16)10-9(7-8(2)3)15(6-5-12)14-13-10/h8H,4-7,12H2,1-3H3. The Morgan fingerprint density at radius 3 is 2.76 bits per heavy atom. The van der Waals surface area contributed by atoms with E-state index in [9.17, 15) is 4.79 Å². The first-order valence-electron chi connectivity index (χ1n) is 5.89. The van der Waals surface area contributed by atoms with Crippen molar-refractivity contribution in [3.63, 3.8) is 0 Å². The zero-order chi connectivity index (χ0) is 12.8. The first-order chi connectivity index (χ1) is 8.10. The Bertz CT molecular complexity index is 374. The summed E-state index contributed by atoms with van der Waals surface area (Å²) in [4.78, 5) is 11.7. The van der Waals surface area contributed by atoms with E-state index in [2.05, 4.69) is 24.2 Å². The molecule has 0 aromatic carbocycles. The van der Waals surface area contributed by atoms with Gasteiger partial charge in [0.1, 0.15) is 0 Å². The van der Waals surface area contributed by atoms with Crippen LogP contribution in [-0.4, -0.2) is 34.1 Å². The molecule has 17 heavy (non-hydrogen) atoms. The van der Waals surface area contributed by atoms with Gasteiger partial charge in [0, 0.05) is 6.54 Å². The van der Waals surface area contributed by atoms with Crippen molar-refractivity contribution in [3.05, 3.63) is 11.4 Å². The SMILES string of the molecule is CCOC(=O)c1nnn(CCN)c1CC(C)C. The van der Waals surface area contributed by atoms with Crippen LogP contribution >= 0.6 is 0 Å². The number of rotatable bonds is 6. The Balaban J connectivity index is 2.99. The molecule has 0 saturated carbocycles. The maximum Gasteiger partial charge on any atom is 0.360 e. The van der Waals surface area contributed by atoms with E-state index in [1.54, 1.807) is 11.6 Å². The summed E-state index contributed by atoms with van der Waals surface area (Å²) in [7, 11) is 0. The Morgan fingerprint density at radius 1 is 1.53 bits per heavy atom. The van der Waals surface area contributed by atoms with Gasteiger partial charge in [0.25, 0.3) is 0 Å². The minimum Gasteiger partial charge on any atom is -0.461 e. The summed E-state index contributed by atoms with van der Waals surface area (Å²) < 4.78 is 6.64. The number of esters is 1. The van der Waals surface area contributed by atoms with Gasteiger partial charge < -0.3 is 10.5 Å². The quantitative estimate of drug-likeness (QED) is 0.737. The third-order valence-corrected chi connectivity index (χ3v) is 2.25. The molecule has 96 valence electrons. The Labute approximate surface area is 101 Å². The Morgan fingerprint density at radius 2 is 2.24 bits per heavy atom. The fraction of sp³-hybridized carbons (Fsp3) is 0.727. The van der Waals surface area contributed by atoms with Crippen molar-refractivity contribution < 1.29 is 9.53 Å². The molecule has 0 fully saturated rings. The van der Waals surface area contributed by atoms with Crippen LogP contribution in [0.2, 0.25) is 0 Å². The van der Waals surface area contributed by atoms with E-state index in [1.165, 1.54) is 0 Å². The number of hydrogen-bond acceptors (Lipinski definition) is 5. The molecular weight excluding hydrogens is 220 g/mol. The van der Waals surface area contributed by atoms with Gasteiger partial charge in [-0.05, 0) is 19.3 Å². The average molecular weight is 240 g/mol. The van der Waals surface area contributed by atoms with Crippen molar-refractivity contribution in [2.75, 3.05) is 13.2 Å². The average Bonchev–Trinajstić information content (AvgIpc) is 2.62. The highest BCUT2D eigenvalue weighted by Gasteiger charge is 2.21. The number of nitrogens with zero attached hydrogens (tertiary/aromatic N) is 3. The summed E-state index contributed by atoms with van der Waals surface area (Å²) in [5.41, 5.74) is 6.62. The van der Waals surface area contributed by atoms with Crippen LogP contribution < -0.4 is 5.73 Å². The molecule has 0 saturated heterocycles. The number of carbonyl (C=O) groups is 1. The van der Waals surface area contributed by atoms with Gasteiger partial charge in [-0.15, -0.1) is 5.10 Å². The summed E-state index contributed by atoms with van der Waals surface area (Å²) >= 11 is 0. The largest absolute Gasteiger partial charge is 0.461 e. The fourth-order valence-corrected chi connectivity index (χ4v) is 1.58. The normalized spacial score (nSPS) is 10.9. The van der Waals surface area contributed by atoms with Gasteiger partial charge in [0.15, 0.2) is 5.69 Å². The molecule has 0 aliphatic carbocycles. The first kappa shape index (κ1) is 13.6. The molecule has 1 aromatic rings.